The Morgan fingerprint density at radius 3 is 2.24 bits per heavy atom. The summed E-state index contributed by atoms with van der Waals surface area (Å²) in [6.45, 7) is 3.82. The molecule has 0 aliphatic rings. The van der Waals surface area contributed by atoms with Gasteiger partial charge in [0.15, 0.2) is 0 Å². The Labute approximate surface area is 145 Å². The molecule has 0 bridgehead atoms. The van der Waals surface area contributed by atoms with Crippen molar-refractivity contribution in [2.45, 2.75) is 13.8 Å². The predicted octanol–water partition coefficient (Wildman–Crippen LogP) is 3.79. The van der Waals surface area contributed by atoms with Crippen molar-refractivity contribution in [3.63, 3.8) is 0 Å². The highest BCUT2D eigenvalue weighted by molar-refractivity contribution is 6.05. The van der Waals surface area contributed by atoms with Gasteiger partial charge in [-0.1, -0.05) is 12.1 Å². The number of aromatic hydroxyl groups is 1. The number of phenolic OH excluding ortho intramolecular Hbond substituents is 1. The molecule has 0 radical (unpaired) electrons. The molecule has 25 heavy (non-hydrogen) atoms. The molecule has 0 aliphatic heterocycles. The van der Waals surface area contributed by atoms with Crippen molar-refractivity contribution in [2.75, 3.05) is 10.6 Å². The molecule has 6 heteroatoms. The van der Waals surface area contributed by atoms with Crippen molar-refractivity contribution in [1.82, 2.24) is 9.97 Å². The van der Waals surface area contributed by atoms with Gasteiger partial charge < -0.3 is 15.7 Å². The number of nitrogens with one attached hydrogen (secondary N) is 2. The van der Waals surface area contributed by atoms with Gasteiger partial charge in [-0.25, -0.2) is 9.97 Å². The summed E-state index contributed by atoms with van der Waals surface area (Å²) in [6.07, 6.45) is 0. The van der Waals surface area contributed by atoms with Crippen LogP contribution in [0.3, 0.4) is 0 Å². The number of para-hydroxylation sites is 2. The standard InChI is InChI=1S/C19H18N4O2/c1-12-11-13(2)21-19(20-12)22-15-9-7-14(8-10-15)18(25)23-16-5-3-4-6-17(16)24/h3-11,24H,1-2H3,(H,23,25)(H,20,21,22). The van der Waals surface area contributed by atoms with Crippen LogP contribution in [0.2, 0.25) is 0 Å². The third-order valence-electron chi connectivity index (χ3n) is 3.54. The molecule has 1 aromatic heterocycles. The maximum absolute atomic E-state index is 12.3. The number of amides is 1. The lowest BCUT2D eigenvalue weighted by atomic mass is 10.2. The lowest BCUT2D eigenvalue weighted by Crippen LogP contribution is -2.11. The Hall–Kier alpha value is -3.41. The van der Waals surface area contributed by atoms with Crippen LogP contribution in [0.4, 0.5) is 17.3 Å². The van der Waals surface area contributed by atoms with Gasteiger partial charge in [0, 0.05) is 22.6 Å². The minimum absolute atomic E-state index is 0.0288. The van der Waals surface area contributed by atoms with E-state index in [1.807, 2.05) is 19.9 Å². The summed E-state index contributed by atoms with van der Waals surface area (Å²) in [5.74, 6) is 0.251. The van der Waals surface area contributed by atoms with E-state index in [1.165, 1.54) is 6.07 Å². The van der Waals surface area contributed by atoms with Gasteiger partial charge in [-0.2, -0.15) is 0 Å². The van der Waals surface area contributed by atoms with Crippen LogP contribution in [0.1, 0.15) is 21.7 Å². The Kier molecular flexibility index (Phi) is 4.61. The zero-order valence-electron chi connectivity index (χ0n) is 13.9. The van der Waals surface area contributed by atoms with Crippen LogP contribution in [0.15, 0.2) is 54.6 Å². The third kappa shape index (κ3) is 4.11. The number of nitrogens with zero attached hydrogens (tertiary/aromatic N) is 2. The van der Waals surface area contributed by atoms with Gasteiger partial charge in [0.25, 0.3) is 5.91 Å². The first kappa shape index (κ1) is 16.4. The molecule has 3 rings (SSSR count). The Bertz CT molecular complexity index is 887. The van der Waals surface area contributed by atoms with Gasteiger partial charge in [-0.15, -0.1) is 0 Å². The van der Waals surface area contributed by atoms with E-state index in [2.05, 4.69) is 20.6 Å². The molecule has 0 unspecified atom stereocenters. The largest absolute Gasteiger partial charge is 0.506 e. The van der Waals surface area contributed by atoms with Crippen LogP contribution in [0, 0.1) is 13.8 Å². The fourth-order valence-corrected chi connectivity index (χ4v) is 2.39. The quantitative estimate of drug-likeness (QED) is 0.632. The highest BCUT2D eigenvalue weighted by Crippen LogP contribution is 2.22. The van der Waals surface area contributed by atoms with Crippen LogP contribution < -0.4 is 10.6 Å². The van der Waals surface area contributed by atoms with Gasteiger partial charge >= 0.3 is 0 Å². The van der Waals surface area contributed by atoms with Crippen molar-refractivity contribution in [3.8, 4) is 5.75 Å². The molecule has 3 aromatic rings. The predicted molar refractivity (Wildman–Crippen MR) is 97.3 cm³/mol. The minimum Gasteiger partial charge on any atom is -0.506 e. The van der Waals surface area contributed by atoms with Crippen LogP contribution in [0.5, 0.6) is 5.75 Å². The molecule has 0 spiro atoms. The molecule has 3 N–H and O–H groups in total. The van der Waals surface area contributed by atoms with Crippen molar-refractivity contribution in [2.24, 2.45) is 0 Å². The monoisotopic (exact) mass is 334 g/mol. The van der Waals surface area contributed by atoms with Gasteiger partial charge in [0.2, 0.25) is 5.95 Å². The summed E-state index contributed by atoms with van der Waals surface area (Å²) >= 11 is 0. The zero-order valence-corrected chi connectivity index (χ0v) is 13.9. The number of hydrogen-bond acceptors (Lipinski definition) is 5. The molecule has 6 nitrogen and oxygen atoms in total. The van der Waals surface area contributed by atoms with Crippen molar-refractivity contribution < 1.29 is 9.90 Å². The SMILES string of the molecule is Cc1cc(C)nc(Nc2ccc(C(=O)Nc3ccccc3O)cc2)n1. The smallest absolute Gasteiger partial charge is 0.255 e. The Balaban J connectivity index is 1.71. The summed E-state index contributed by atoms with van der Waals surface area (Å²) in [7, 11) is 0. The molecule has 0 aliphatic carbocycles. The molecule has 0 fully saturated rings. The van der Waals surface area contributed by atoms with E-state index in [0.717, 1.165) is 17.1 Å². The summed E-state index contributed by atoms with van der Waals surface area (Å²) in [5, 5.41) is 15.5. The second kappa shape index (κ2) is 7.00. The number of carbonyl (C=O) groups is 1. The fraction of sp³-hybridized carbons (Fsp3) is 0.105. The number of benzene rings is 2. The topological polar surface area (TPSA) is 87.1 Å². The first-order valence-corrected chi connectivity index (χ1v) is 7.80. The fourth-order valence-electron chi connectivity index (χ4n) is 2.39. The molecule has 2 aromatic carbocycles. The van der Waals surface area contributed by atoms with Crippen LogP contribution >= 0.6 is 0 Å². The molecule has 1 amide bonds. The van der Waals surface area contributed by atoms with Crippen molar-refractivity contribution in [3.05, 3.63) is 71.5 Å². The summed E-state index contributed by atoms with van der Waals surface area (Å²) in [6, 6.07) is 15.4. The second-order valence-electron chi connectivity index (χ2n) is 5.65. The zero-order chi connectivity index (χ0) is 17.8. The van der Waals surface area contributed by atoms with E-state index in [1.54, 1.807) is 42.5 Å². The second-order valence-corrected chi connectivity index (χ2v) is 5.65. The average molecular weight is 334 g/mol. The number of phenols is 1. The highest BCUT2D eigenvalue weighted by atomic mass is 16.3. The normalized spacial score (nSPS) is 10.3. The molecular formula is C19H18N4O2. The van der Waals surface area contributed by atoms with Crippen molar-refractivity contribution >= 4 is 23.2 Å². The lowest BCUT2D eigenvalue weighted by Gasteiger charge is -2.09. The maximum Gasteiger partial charge on any atom is 0.255 e. The molecule has 1 heterocycles. The summed E-state index contributed by atoms with van der Waals surface area (Å²) in [4.78, 5) is 20.9. The molecule has 0 saturated heterocycles. The number of aryl methyl sites for hydroxylation is 2. The molecule has 0 saturated carbocycles. The lowest BCUT2D eigenvalue weighted by molar-refractivity contribution is 0.102. The Morgan fingerprint density at radius 2 is 1.60 bits per heavy atom. The number of anilines is 3. The maximum atomic E-state index is 12.3. The molecule has 0 atom stereocenters. The van der Waals surface area contributed by atoms with Gasteiger partial charge in [0.05, 0.1) is 5.69 Å². The number of carbonyl (C=O) groups excluding carboxylic acids is 1. The third-order valence-corrected chi connectivity index (χ3v) is 3.54. The summed E-state index contributed by atoms with van der Waals surface area (Å²) in [5.41, 5.74) is 3.40. The average Bonchev–Trinajstić information content (AvgIpc) is 2.56. The highest BCUT2D eigenvalue weighted by Gasteiger charge is 2.09. The molecule has 126 valence electrons. The van der Waals surface area contributed by atoms with Crippen LogP contribution in [0.25, 0.3) is 0 Å². The van der Waals surface area contributed by atoms with Gasteiger partial charge in [0.1, 0.15) is 5.75 Å². The van der Waals surface area contributed by atoms with Crippen LogP contribution in [-0.4, -0.2) is 21.0 Å². The van der Waals surface area contributed by atoms with Crippen molar-refractivity contribution in [1.29, 1.82) is 0 Å². The molecular weight excluding hydrogens is 316 g/mol. The van der Waals surface area contributed by atoms with E-state index < -0.39 is 0 Å². The van der Waals surface area contributed by atoms with E-state index in [-0.39, 0.29) is 11.7 Å². The van der Waals surface area contributed by atoms with Gasteiger partial charge in [-0.05, 0) is 56.3 Å². The minimum atomic E-state index is -0.296. The number of rotatable bonds is 4. The van der Waals surface area contributed by atoms with Gasteiger partial charge in [-0.3, -0.25) is 4.79 Å². The first-order valence-electron chi connectivity index (χ1n) is 7.80. The summed E-state index contributed by atoms with van der Waals surface area (Å²) < 4.78 is 0. The van der Waals surface area contributed by atoms with E-state index in [9.17, 15) is 9.90 Å². The van der Waals surface area contributed by atoms with E-state index in [0.29, 0.717) is 17.2 Å². The Morgan fingerprint density at radius 1 is 0.960 bits per heavy atom. The van der Waals surface area contributed by atoms with E-state index >= 15 is 0 Å². The first-order chi connectivity index (χ1) is 12.0. The van der Waals surface area contributed by atoms with Crippen LogP contribution in [-0.2, 0) is 0 Å². The number of hydrogen-bond donors (Lipinski definition) is 3. The number of aromatic nitrogens is 2. The van der Waals surface area contributed by atoms with E-state index in [4.69, 9.17) is 0 Å².